The summed E-state index contributed by atoms with van der Waals surface area (Å²) in [5.74, 6) is 0.853. The summed E-state index contributed by atoms with van der Waals surface area (Å²) in [4.78, 5) is 15.7. The number of carbonyl (C=O) groups is 1. The second kappa shape index (κ2) is 7.12. The summed E-state index contributed by atoms with van der Waals surface area (Å²) in [6.07, 6.45) is -0.910. The van der Waals surface area contributed by atoms with Gasteiger partial charge in [-0.25, -0.2) is 8.78 Å². The summed E-state index contributed by atoms with van der Waals surface area (Å²) in [6, 6.07) is 4.67. The molecule has 0 spiro atoms. The molecule has 1 aliphatic rings. The molecule has 146 valence electrons. The van der Waals surface area contributed by atoms with Crippen LogP contribution in [-0.4, -0.2) is 28.1 Å². The first kappa shape index (κ1) is 18.8. The van der Waals surface area contributed by atoms with Gasteiger partial charge < -0.3 is 14.1 Å². The quantitative estimate of drug-likeness (QED) is 0.521. The first-order valence-electron chi connectivity index (χ1n) is 8.63. The van der Waals surface area contributed by atoms with Crippen LogP contribution >= 0.6 is 15.9 Å². The molecule has 0 amide bonds. The van der Waals surface area contributed by atoms with Crippen molar-refractivity contribution in [2.24, 2.45) is 0 Å². The number of ether oxygens (including phenoxy) is 1. The zero-order valence-corrected chi connectivity index (χ0v) is 16.6. The van der Waals surface area contributed by atoms with Crippen LogP contribution in [0, 0.1) is 6.92 Å². The number of aromatic nitrogens is 3. The molecule has 3 aromatic rings. The number of nitrogens with zero attached hydrogens (tertiary/aromatic N) is 2. The van der Waals surface area contributed by atoms with Gasteiger partial charge in [0.2, 0.25) is 5.89 Å². The van der Waals surface area contributed by atoms with E-state index in [0.29, 0.717) is 21.7 Å². The number of hydrogen-bond donors (Lipinski definition) is 1. The molecule has 2 heterocycles. The minimum atomic E-state index is -2.86. The van der Waals surface area contributed by atoms with Crippen molar-refractivity contribution in [2.75, 3.05) is 7.11 Å². The van der Waals surface area contributed by atoms with Crippen molar-refractivity contribution in [3.63, 3.8) is 0 Å². The number of carbonyl (C=O) groups excluding carboxylic acids is 1. The van der Waals surface area contributed by atoms with E-state index in [-0.39, 0.29) is 28.6 Å². The number of rotatable bonds is 6. The highest BCUT2D eigenvalue weighted by molar-refractivity contribution is 9.10. The van der Waals surface area contributed by atoms with Gasteiger partial charge in [-0.3, -0.25) is 4.79 Å². The van der Waals surface area contributed by atoms with E-state index in [0.717, 1.165) is 12.8 Å². The number of methoxy groups -OCH3 is 1. The summed E-state index contributed by atoms with van der Waals surface area (Å²) >= 11 is 3.31. The zero-order chi connectivity index (χ0) is 20.0. The zero-order valence-electron chi connectivity index (χ0n) is 15.1. The first-order chi connectivity index (χ1) is 13.4. The standard InChI is InChI=1S/C19H16BrF2N3O3/c1-8-13(16(26)10-5-6-12(27-2)11(20)7-10)15(17(21)22)23-14(8)19-25-24-18(28-19)9-3-4-9/h5-7,9,17,23H,3-4H2,1-2H3. The van der Waals surface area contributed by atoms with Gasteiger partial charge in [0.15, 0.2) is 5.78 Å². The number of ketones is 1. The van der Waals surface area contributed by atoms with Gasteiger partial charge in [-0.1, -0.05) is 0 Å². The Hall–Kier alpha value is -2.55. The fourth-order valence-corrected chi connectivity index (χ4v) is 3.61. The van der Waals surface area contributed by atoms with Crippen LogP contribution in [0.1, 0.15) is 58.3 Å². The van der Waals surface area contributed by atoms with Crippen molar-refractivity contribution in [1.82, 2.24) is 15.2 Å². The number of H-pyrrole nitrogens is 1. The number of aromatic amines is 1. The van der Waals surface area contributed by atoms with Crippen molar-refractivity contribution in [3.8, 4) is 17.3 Å². The Morgan fingerprint density at radius 3 is 2.71 bits per heavy atom. The second-order valence-electron chi connectivity index (χ2n) is 6.61. The van der Waals surface area contributed by atoms with Gasteiger partial charge in [-0.05, 0) is 59.5 Å². The van der Waals surface area contributed by atoms with Gasteiger partial charge in [0.1, 0.15) is 11.4 Å². The summed E-state index contributed by atoms with van der Waals surface area (Å²) in [5, 5.41) is 7.95. The molecule has 1 aromatic carbocycles. The molecule has 2 aromatic heterocycles. The number of hydrogen-bond acceptors (Lipinski definition) is 5. The third kappa shape index (κ3) is 3.23. The van der Waals surface area contributed by atoms with Gasteiger partial charge in [0.05, 0.1) is 22.8 Å². The summed E-state index contributed by atoms with van der Waals surface area (Å²) in [6.45, 7) is 1.59. The van der Waals surface area contributed by atoms with Crippen LogP contribution in [0.3, 0.4) is 0 Å². The highest BCUT2D eigenvalue weighted by Gasteiger charge is 2.32. The molecule has 0 unspecified atom stereocenters. The molecule has 1 saturated carbocycles. The maximum atomic E-state index is 13.7. The SMILES string of the molecule is COc1ccc(C(=O)c2c(C(F)F)[nH]c(-c3nnc(C4CC4)o3)c2C)cc1Br. The molecule has 0 atom stereocenters. The molecule has 0 radical (unpaired) electrons. The Labute approximate surface area is 167 Å². The lowest BCUT2D eigenvalue weighted by molar-refractivity contribution is 0.102. The molecule has 0 aliphatic heterocycles. The van der Waals surface area contributed by atoms with Crippen molar-refractivity contribution < 1.29 is 22.7 Å². The molecule has 1 fully saturated rings. The van der Waals surface area contributed by atoms with Crippen molar-refractivity contribution in [3.05, 3.63) is 50.9 Å². The first-order valence-corrected chi connectivity index (χ1v) is 9.42. The van der Waals surface area contributed by atoms with E-state index in [2.05, 4.69) is 31.1 Å². The fraction of sp³-hybridized carbons (Fsp3) is 0.316. The average molecular weight is 452 g/mol. The minimum Gasteiger partial charge on any atom is -0.496 e. The third-order valence-electron chi connectivity index (χ3n) is 4.72. The van der Waals surface area contributed by atoms with Crippen LogP contribution in [0.2, 0.25) is 0 Å². The Balaban J connectivity index is 1.78. The van der Waals surface area contributed by atoms with E-state index >= 15 is 0 Å². The van der Waals surface area contributed by atoms with Crippen LogP contribution in [0.25, 0.3) is 11.6 Å². The third-order valence-corrected chi connectivity index (χ3v) is 5.34. The van der Waals surface area contributed by atoms with E-state index in [1.807, 2.05) is 0 Å². The molecular formula is C19H16BrF2N3O3. The van der Waals surface area contributed by atoms with Crippen molar-refractivity contribution in [2.45, 2.75) is 32.1 Å². The molecular weight excluding hydrogens is 436 g/mol. The van der Waals surface area contributed by atoms with Gasteiger partial charge in [0.25, 0.3) is 12.3 Å². The highest BCUT2D eigenvalue weighted by atomic mass is 79.9. The lowest BCUT2D eigenvalue weighted by Gasteiger charge is -2.07. The molecule has 9 heteroatoms. The van der Waals surface area contributed by atoms with Gasteiger partial charge in [0, 0.05) is 11.5 Å². The molecule has 0 bridgehead atoms. The second-order valence-corrected chi connectivity index (χ2v) is 7.47. The van der Waals surface area contributed by atoms with Gasteiger partial charge >= 0.3 is 0 Å². The molecule has 6 nitrogen and oxygen atoms in total. The van der Waals surface area contributed by atoms with Crippen molar-refractivity contribution in [1.29, 1.82) is 0 Å². The van der Waals surface area contributed by atoms with E-state index in [4.69, 9.17) is 9.15 Å². The Kier molecular flexibility index (Phi) is 4.78. The maximum Gasteiger partial charge on any atom is 0.279 e. The van der Waals surface area contributed by atoms with Crippen LogP contribution in [0.4, 0.5) is 8.78 Å². The summed E-state index contributed by atoms with van der Waals surface area (Å²) < 4.78 is 38.7. The summed E-state index contributed by atoms with van der Waals surface area (Å²) in [5.41, 5.74) is 0.292. The van der Waals surface area contributed by atoms with E-state index in [1.54, 1.807) is 19.1 Å². The molecule has 28 heavy (non-hydrogen) atoms. The van der Waals surface area contributed by atoms with E-state index < -0.39 is 17.9 Å². The highest BCUT2D eigenvalue weighted by Crippen LogP contribution is 2.41. The smallest absolute Gasteiger partial charge is 0.279 e. The minimum absolute atomic E-state index is 0.0896. The Morgan fingerprint density at radius 1 is 1.36 bits per heavy atom. The van der Waals surface area contributed by atoms with E-state index in [9.17, 15) is 13.6 Å². The Bertz CT molecular complexity index is 1060. The van der Waals surface area contributed by atoms with Gasteiger partial charge in [-0.2, -0.15) is 0 Å². The summed E-state index contributed by atoms with van der Waals surface area (Å²) in [7, 11) is 1.50. The van der Waals surface area contributed by atoms with Gasteiger partial charge in [-0.15, -0.1) is 10.2 Å². The van der Waals surface area contributed by atoms with E-state index in [1.165, 1.54) is 13.2 Å². The number of benzene rings is 1. The predicted octanol–water partition coefficient (Wildman–Crippen LogP) is 5.19. The molecule has 1 N–H and O–H groups in total. The van der Waals surface area contributed by atoms with Crippen molar-refractivity contribution >= 4 is 21.7 Å². The monoisotopic (exact) mass is 451 g/mol. The number of alkyl halides is 2. The Morgan fingerprint density at radius 2 is 2.11 bits per heavy atom. The topological polar surface area (TPSA) is 81.0 Å². The normalized spacial score (nSPS) is 13.9. The van der Waals surface area contributed by atoms with Crippen LogP contribution < -0.4 is 4.74 Å². The molecule has 4 rings (SSSR count). The maximum absolute atomic E-state index is 13.7. The largest absolute Gasteiger partial charge is 0.496 e. The predicted molar refractivity (Wildman–Crippen MR) is 99.9 cm³/mol. The number of nitrogens with one attached hydrogen (secondary N) is 1. The van der Waals surface area contributed by atoms with Crippen LogP contribution in [0.15, 0.2) is 27.1 Å². The number of halogens is 3. The van der Waals surface area contributed by atoms with Crippen LogP contribution in [0.5, 0.6) is 5.75 Å². The van der Waals surface area contributed by atoms with Crippen LogP contribution in [-0.2, 0) is 0 Å². The lowest BCUT2D eigenvalue weighted by Crippen LogP contribution is -2.06. The fourth-order valence-electron chi connectivity index (χ4n) is 3.07. The average Bonchev–Trinajstić information content (AvgIpc) is 3.30. The molecule has 1 aliphatic carbocycles. The lowest BCUT2D eigenvalue weighted by atomic mass is 9.99. The molecule has 0 saturated heterocycles.